The van der Waals surface area contributed by atoms with E-state index in [4.69, 9.17) is 9.26 Å². The fraction of sp³-hybridized carbons (Fsp3) is 0.733. The van der Waals surface area contributed by atoms with Gasteiger partial charge < -0.3 is 19.5 Å². The zero-order valence-electron chi connectivity index (χ0n) is 13.8. The number of nitrogens with zero attached hydrogens (tertiary/aromatic N) is 3. The second-order valence-electron chi connectivity index (χ2n) is 6.03. The molecule has 0 spiro atoms. The van der Waals surface area contributed by atoms with Gasteiger partial charge in [-0.1, -0.05) is 5.16 Å². The van der Waals surface area contributed by atoms with Crippen LogP contribution in [0.25, 0.3) is 0 Å². The number of aryl methyl sites for hydroxylation is 1. The Morgan fingerprint density at radius 3 is 2.73 bits per heavy atom. The molecule has 1 aliphatic heterocycles. The molecule has 2 heterocycles. The van der Waals surface area contributed by atoms with Gasteiger partial charge in [0.1, 0.15) is 11.5 Å². The molecule has 0 unspecified atom stereocenters. The summed E-state index contributed by atoms with van der Waals surface area (Å²) in [5.41, 5.74) is 0.756. The Morgan fingerprint density at radius 1 is 1.45 bits per heavy atom. The molecule has 2 atom stereocenters. The molecule has 0 bridgehead atoms. The number of morpholine rings is 1. The number of aromatic nitrogens is 1. The van der Waals surface area contributed by atoms with Crippen LogP contribution in [0.3, 0.4) is 0 Å². The van der Waals surface area contributed by atoms with Gasteiger partial charge in [0, 0.05) is 39.3 Å². The third-order valence-corrected chi connectivity index (χ3v) is 3.62. The molecule has 2 amide bonds. The summed E-state index contributed by atoms with van der Waals surface area (Å²) in [6, 6.07) is 1.73. The highest BCUT2D eigenvalue weighted by Gasteiger charge is 2.21. The van der Waals surface area contributed by atoms with Crippen molar-refractivity contribution >= 4 is 6.03 Å². The molecule has 0 radical (unpaired) electrons. The van der Waals surface area contributed by atoms with Crippen LogP contribution in [-0.2, 0) is 11.3 Å². The predicted molar refractivity (Wildman–Crippen MR) is 82.6 cm³/mol. The van der Waals surface area contributed by atoms with Crippen molar-refractivity contribution in [2.24, 2.45) is 0 Å². The summed E-state index contributed by atoms with van der Waals surface area (Å²) in [5.74, 6) is 0.749. The molecule has 7 nitrogen and oxygen atoms in total. The van der Waals surface area contributed by atoms with Crippen molar-refractivity contribution in [3.05, 3.63) is 17.5 Å². The molecule has 0 aromatic carbocycles. The van der Waals surface area contributed by atoms with Crippen LogP contribution in [0.1, 0.15) is 25.3 Å². The molecule has 2 rings (SSSR count). The minimum atomic E-state index is -0.102. The second kappa shape index (κ2) is 7.60. The topological polar surface area (TPSA) is 70.8 Å². The van der Waals surface area contributed by atoms with Gasteiger partial charge in [-0.3, -0.25) is 4.90 Å². The molecular weight excluding hydrogens is 284 g/mol. The van der Waals surface area contributed by atoms with E-state index in [2.05, 4.69) is 29.2 Å². The lowest BCUT2D eigenvalue weighted by molar-refractivity contribution is -0.0672. The summed E-state index contributed by atoms with van der Waals surface area (Å²) in [7, 11) is 1.75. The molecule has 7 heteroatoms. The van der Waals surface area contributed by atoms with E-state index in [1.807, 2.05) is 13.0 Å². The molecule has 22 heavy (non-hydrogen) atoms. The Morgan fingerprint density at radius 2 is 2.14 bits per heavy atom. The highest BCUT2D eigenvalue weighted by Crippen LogP contribution is 2.09. The zero-order chi connectivity index (χ0) is 16.1. The second-order valence-corrected chi connectivity index (χ2v) is 6.03. The van der Waals surface area contributed by atoms with Crippen LogP contribution in [-0.4, -0.2) is 66.4 Å². The molecule has 1 saturated heterocycles. The van der Waals surface area contributed by atoms with Crippen molar-refractivity contribution in [3.63, 3.8) is 0 Å². The van der Waals surface area contributed by atoms with Crippen molar-refractivity contribution in [1.82, 2.24) is 20.3 Å². The quantitative estimate of drug-likeness (QED) is 0.886. The third-order valence-electron chi connectivity index (χ3n) is 3.62. The van der Waals surface area contributed by atoms with E-state index in [0.29, 0.717) is 13.1 Å². The molecule has 1 aromatic rings. The minimum absolute atomic E-state index is 0.102. The number of nitrogens with one attached hydrogen (secondary N) is 1. The Bertz CT molecular complexity index is 481. The van der Waals surface area contributed by atoms with Gasteiger partial charge in [0.25, 0.3) is 0 Å². The van der Waals surface area contributed by atoms with Crippen LogP contribution in [0.15, 0.2) is 10.6 Å². The van der Waals surface area contributed by atoms with E-state index in [0.717, 1.165) is 31.1 Å². The van der Waals surface area contributed by atoms with Crippen molar-refractivity contribution in [2.75, 3.05) is 33.2 Å². The first kappa shape index (κ1) is 16.8. The molecular formula is C15H26N4O3. The normalized spacial score (nSPS) is 22.5. The number of carbonyl (C=O) groups is 1. The summed E-state index contributed by atoms with van der Waals surface area (Å²) in [6.07, 6.45) is 0.495. The lowest BCUT2D eigenvalue weighted by Gasteiger charge is -2.35. The Hall–Kier alpha value is -1.60. The fourth-order valence-electron chi connectivity index (χ4n) is 2.73. The predicted octanol–water partition coefficient (Wildman–Crippen LogP) is 1.23. The number of amides is 2. The van der Waals surface area contributed by atoms with Gasteiger partial charge in [-0.25, -0.2) is 4.79 Å². The van der Waals surface area contributed by atoms with Gasteiger partial charge in [-0.15, -0.1) is 0 Å². The van der Waals surface area contributed by atoms with Gasteiger partial charge in [-0.05, 0) is 20.8 Å². The Labute approximate surface area is 131 Å². The highest BCUT2D eigenvalue weighted by molar-refractivity contribution is 5.73. The monoisotopic (exact) mass is 310 g/mol. The van der Waals surface area contributed by atoms with Gasteiger partial charge in [0.05, 0.1) is 18.8 Å². The first-order valence-electron chi connectivity index (χ1n) is 7.73. The van der Waals surface area contributed by atoms with E-state index >= 15 is 0 Å². The van der Waals surface area contributed by atoms with Crippen molar-refractivity contribution in [1.29, 1.82) is 0 Å². The molecule has 1 aromatic heterocycles. The summed E-state index contributed by atoms with van der Waals surface area (Å²) >= 11 is 0. The van der Waals surface area contributed by atoms with Crippen LogP contribution in [0.2, 0.25) is 0 Å². The van der Waals surface area contributed by atoms with Crippen molar-refractivity contribution < 1.29 is 14.1 Å². The Kier molecular flexibility index (Phi) is 5.79. The smallest absolute Gasteiger partial charge is 0.317 e. The van der Waals surface area contributed by atoms with Gasteiger partial charge in [-0.2, -0.15) is 0 Å². The number of hydrogen-bond donors (Lipinski definition) is 1. The first-order chi connectivity index (χ1) is 10.4. The van der Waals surface area contributed by atoms with Crippen LogP contribution >= 0.6 is 0 Å². The van der Waals surface area contributed by atoms with Crippen LogP contribution in [0.4, 0.5) is 4.79 Å². The summed E-state index contributed by atoms with van der Waals surface area (Å²) in [6.45, 7) is 9.71. The maximum atomic E-state index is 12.0. The largest absolute Gasteiger partial charge is 0.373 e. The Balaban J connectivity index is 1.68. The molecule has 1 fully saturated rings. The number of rotatable bonds is 5. The average molecular weight is 310 g/mol. The minimum Gasteiger partial charge on any atom is -0.373 e. The lowest BCUT2D eigenvalue weighted by Crippen LogP contribution is -2.48. The maximum Gasteiger partial charge on any atom is 0.317 e. The van der Waals surface area contributed by atoms with E-state index in [1.54, 1.807) is 11.9 Å². The van der Waals surface area contributed by atoms with Crippen LogP contribution in [0, 0.1) is 6.92 Å². The molecule has 1 aliphatic rings. The summed E-state index contributed by atoms with van der Waals surface area (Å²) in [4.78, 5) is 16.0. The number of ether oxygens (including phenoxy) is 1. The molecule has 0 saturated carbocycles. The van der Waals surface area contributed by atoms with E-state index in [1.165, 1.54) is 0 Å². The van der Waals surface area contributed by atoms with Gasteiger partial charge >= 0.3 is 6.03 Å². The summed E-state index contributed by atoms with van der Waals surface area (Å²) in [5, 5.41) is 6.82. The van der Waals surface area contributed by atoms with Crippen molar-refractivity contribution in [2.45, 2.75) is 39.5 Å². The van der Waals surface area contributed by atoms with E-state index in [-0.39, 0.29) is 18.2 Å². The van der Waals surface area contributed by atoms with Crippen LogP contribution < -0.4 is 5.32 Å². The SMILES string of the molecule is Cc1cc(CN(C)C(=O)NCCN2C[C@@H](C)O[C@@H](C)C2)no1. The summed E-state index contributed by atoms with van der Waals surface area (Å²) < 4.78 is 10.7. The fourth-order valence-corrected chi connectivity index (χ4v) is 2.73. The van der Waals surface area contributed by atoms with Crippen LogP contribution in [0.5, 0.6) is 0 Å². The standard InChI is InChI=1S/C15H26N4O3/c1-11-7-14(17-22-11)10-18(4)15(20)16-5-6-19-8-12(2)21-13(3)9-19/h7,12-13H,5-6,8-10H2,1-4H3,(H,16,20)/t12-,13+. The van der Waals surface area contributed by atoms with Gasteiger partial charge in [0.2, 0.25) is 0 Å². The third kappa shape index (κ3) is 4.99. The van der Waals surface area contributed by atoms with Crippen molar-refractivity contribution in [3.8, 4) is 0 Å². The highest BCUT2D eigenvalue weighted by atomic mass is 16.5. The number of hydrogen-bond acceptors (Lipinski definition) is 5. The lowest BCUT2D eigenvalue weighted by atomic mass is 10.2. The number of carbonyl (C=O) groups excluding carboxylic acids is 1. The van der Waals surface area contributed by atoms with Gasteiger partial charge in [0.15, 0.2) is 0 Å². The average Bonchev–Trinajstić information content (AvgIpc) is 2.82. The molecule has 124 valence electrons. The number of urea groups is 1. The maximum absolute atomic E-state index is 12.0. The van der Waals surface area contributed by atoms with E-state index < -0.39 is 0 Å². The molecule has 0 aliphatic carbocycles. The first-order valence-corrected chi connectivity index (χ1v) is 7.73. The molecule has 1 N–H and O–H groups in total. The van der Waals surface area contributed by atoms with E-state index in [9.17, 15) is 4.79 Å². The zero-order valence-corrected chi connectivity index (χ0v) is 13.8.